The highest BCUT2D eigenvalue weighted by Crippen LogP contribution is 2.26. The summed E-state index contributed by atoms with van der Waals surface area (Å²) in [4.78, 5) is 24.5. The van der Waals surface area contributed by atoms with Crippen molar-refractivity contribution in [3.63, 3.8) is 0 Å². The summed E-state index contributed by atoms with van der Waals surface area (Å²) in [5, 5.41) is 2.30. The molecule has 0 heterocycles. The minimum atomic E-state index is -0.936. The molecule has 1 N–H and O–H groups in total. The van der Waals surface area contributed by atoms with E-state index in [1.54, 1.807) is 62.4 Å². The SMILES string of the molecule is CC(C)(COC(=O)Nc1ccccc1)C(=O)C(Br)Oc1ccc(Cl)cc1. The van der Waals surface area contributed by atoms with Crippen LogP contribution < -0.4 is 10.1 Å². The van der Waals surface area contributed by atoms with Gasteiger partial charge in [0.1, 0.15) is 12.4 Å². The summed E-state index contributed by atoms with van der Waals surface area (Å²) >= 11 is 9.06. The quantitative estimate of drug-likeness (QED) is 0.595. The molecule has 0 radical (unpaired) electrons. The fourth-order valence-corrected chi connectivity index (χ4v) is 2.95. The molecule has 138 valence electrons. The average Bonchev–Trinajstić information content (AvgIpc) is 2.62. The number of anilines is 1. The third-order valence-electron chi connectivity index (χ3n) is 3.51. The lowest BCUT2D eigenvalue weighted by molar-refractivity contribution is -0.132. The number of carbonyl (C=O) groups is 2. The molecule has 0 aliphatic heterocycles. The van der Waals surface area contributed by atoms with Gasteiger partial charge in [0.2, 0.25) is 5.01 Å². The topological polar surface area (TPSA) is 64.6 Å². The Kier molecular flexibility index (Phi) is 7.06. The van der Waals surface area contributed by atoms with Gasteiger partial charge in [0.05, 0.1) is 5.41 Å². The van der Waals surface area contributed by atoms with Crippen LogP contribution in [0.4, 0.5) is 10.5 Å². The molecule has 0 aliphatic carbocycles. The largest absolute Gasteiger partial charge is 0.471 e. The smallest absolute Gasteiger partial charge is 0.411 e. The van der Waals surface area contributed by atoms with Crippen LogP contribution in [0.25, 0.3) is 0 Å². The zero-order valence-electron chi connectivity index (χ0n) is 14.4. The van der Waals surface area contributed by atoms with Crippen molar-refractivity contribution in [1.82, 2.24) is 0 Å². The third-order valence-corrected chi connectivity index (χ3v) is 4.37. The summed E-state index contributed by atoms with van der Waals surface area (Å²) in [6.07, 6.45) is -0.623. The van der Waals surface area contributed by atoms with Crippen molar-refractivity contribution in [3.8, 4) is 5.75 Å². The number of para-hydroxylation sites is 1. The number of amides is 1. The summed E-state index contributed by atoms with van der Waals surface area (Å²) in [6, 6.07) is 15.6. The molecule has 0 spiro atoms. The van der Waals surface area contributed by atoms with Crippen molar-refractivity contribution >= 4 is 45.1 Å². The Morgan fingerprint density at radius 1 is 1.12 bits per heavy atom. The highest BCUT2D eigenvalue weighted by Gasteiger charge is 2.35. The van der Waals surface area contributed by atoms with E-state index in [1.165, 1.54) is 0 Å². The van der Waals surface area contributed by atoms with Gasteiger partial charge in [-0.1, -0.05) is 29.8 Å². The van der Waals surface area contributed by atoms with Crippen LogP contribution in [-0.4, -0.2) is 23.5 Å². The molecular formula is C19H19BrClNO4. The van der Waals surface area contributed by atoms with Crippen molar-refractivity contribution in [2.24, 2.45) is 5.41 Å². The van der Waals surface area contributed by atoms with Crippen molar-refractivity contribution < 1.29 is 19.1 Å². The van der Waals surface area contributed by atoms with E-state index in [9.17, 15) is 9.59 Å². The van der Waals surface area contributed by atoms with Crippen LogP contribution in [0.15, 0.2) is 54.6 Å². The van der Waals surface area contributed by atoms with Gasteiger partial charge in [-0.25, -0.2) is 4.79 Å². The highest BCUT2D eigenvalue weighted by molar-refractivity contribution is 9.09. The molecular weight excluding hydrogens is 422 g/mol. The number of hydrogen-bond donors (Lipinski definition) is 1. The van der Waals surface area contributed by atoms with Gasteiger partial charge < -0.3 is 9.47 Å². The summed E-state index contributed by atoms with van der Waals surface area (Å²) in [6.45, 7) is 3.28. The Labute approximate surface area is 165 Å². The molecule has 2 rings (SSSR count). The van der Waals surface area contributed by atoms with E-state index >= 15 is 0 Å². The van der Waals surface area contributed by atoms with Crippen LogP contribution in [0.5, 0.6) is 5.75 Å². The Hall–Kier alpha value is -2.05. The molecule has 0 aliphatic rings. The Balaban J connectivity index is 1.87. The number of ketones is 1. The number of ether oxygens (including phenoxy) is 2. The molecule has 2 aromatic rings. The van der Waals surface area contributed by atoms with Crippen molar-refractivity contribution in [3.05, 3.63) is 59.6 Å². The van der Waals surface area contributed by atoms with Crippen LogP contribution in [0.1, 0.15) is 13.8 Å². The first kappa shape index (κ1) is 20.3. The zero-order chi connectivity index (χ0) is 19.2. The molecule has 2 aromatic carbocycles. The molecule has 1 atom stereocenters. The minimum absolute atomic E-state index is 0.0867. The van der Waals surface area contributed by atoms with Gasteiger partial charge in [-0.2, -0.15) is 0 Å². The normalized spacial score (nSPS) is 12.2. The maximum Gasteiger partial charge on any atom is 0.411 e. The van der Waals surface area contributed by atoms with Crippen LogP contribution in [-0.2, 0) is 9.53 Å². The predicted molar refractivity (Wildman–Crippen MR) is 105 cm³/mol. The fourth-order valence-electron chi connectivity index (χ4n) is 1.99. The minimum Gasteiger partial charge on any atom is -0.471 e. The number of carbonyl (C=O) groups excluding carboxylic acids is 2. The standard InChI is InChI=1S/C19H19BrClNO4/c1-19(2,12-25-18(24)22-14-6-4-3-5-7-14)16(23)17(20)26-15-10-8-13(21)9-11-15/h3-11,17H,12H2,1-2H3,(H,22,24). The van der Waals surface area contributed by atoms with Crippen LogP contribution in [0.2, 0.25) is 5.02 Å². The number of halogens is 2. The number of nitrogens with one attached hydrogen (secondary N) is 1. The maximum absolute atomic E-state index is 12.6. The molecule has 0 saturated carbocycles. The van der Waals surface area contributed by atoms with Gasteiger partial charge in [-0.05, 0) is 66.2 Å². The number of benzene rings is 2. The second kappa shape index (κ2) is 9.05. The van der Waals surface area contributed by atoms with E-state index in [4.69, 9.17) is 21.1 Å². The molecule has 0 bridgehead atoms. The summed E-state index contributed by atoms with van der Waals surface area (Å²) in [7, 11) is 0. The second-order valence-corrected chi connectivity index (χ2v) is 7.47. The van der Waals surface area contributed by atoms with E-state index in [0.29, 0.717) is 16.5 Å². The van der Waals surface area contributed by atoms with Gasteiger partial charge in [0, 0.05) is 10.7 Å². The van der Waals surface area contributed by atoms with E-state index < -0.39 is 16.5 Å². The van der Waals surface area contributed by atoms with Gasteiger partial charge in [-0.15, -0.1) is 0 Å². The first-order valence-electron chi connectivity index (χ1n) is 7.87. The van der Waals surface area contributed by atoms with E-state index in [0.717, 1.165) is 0 Å². The molecule has 0 aromatic heterocycles. The lowest BCUT2D eigenvalue weighted by Crippen LogP contribution is -2.39. The van der Waals surface area contributed by atoms with E-state index in [2.05, 4.69) is 21.2 Å². The number of Topliss-reactive ketones (excluding diaryl/α,β-unsaturated/α-hetero) is 1. The Bertz CT molecular complexity index is 750. The number of hydrogen-bond acceptors (Lipinski definition) is 4. The molecule has 7 heteroatoms. The lowest BCUT2D eigenvalue weighted by Gasteiger charge is -2.25. The summed E-state index contributed by atoms with van der Waals surface area (Å²) < 4.78 is 10.8. The van der Waals surface area contributed by atoms with Gasteiger partial charge in [0.15, 0.2) is 5.78 Å². The average molecular weight is 441 g/mol. The summed E-state index contributed by atoms with van der Waals surface area (Å²) in [5.41, 5.74) is -0.319. The van der Waals surface area contributed by atoms with Crippen molar-refractivity contribution in [2.75, 3.05) is 11.9 Å². The lowest BCUT2D eigenvalue weighted by atomic mass is 9.89. The number of rotatable bonds is 7. The van der Waals surface area contributed by atoms with Gasteiger partial charge in [-0.3, -0.25) is 10.1 Å². The van der Waals surface area contributed by atoms with E-state index in [-0.39, 0.29) is 12.4 Å². The fraction of sp³-hybridized carbons (Fsp3) is 0.263. The second-order valence-electron chi connectivity index (χ2n) is 6.20. The third kappa shape index (κ3) is 6.04. The Morgan fingerprint density at radius 3 is 2.35 bits per heavy atom. The van der Waals surface area contributed by atoms with Crippen LogP contribution in [0, 0.1) is 5.41 Å². The molecule has 5 nitrogen and oxygen atoms in total. The summed E-state index contributed by atoms with van der Waals surface area (Å²) in [5.74, 6) is 0.253. The molecule has 0 fully saturated rings. The number of alkyl halides is 1. The first-order valence-corrected chi connectivity index (χ1v) is 9.17. The van der Waals surface area contributed by atoms with Crippen LogP contribution >= 0.6 is 27.5 Å². The zero-order valence-corrected chi connectivity index (χ0v) is 16.7. The first-order chi connectivity index (χ1) is 12.3. The molecule has 0 saturated heterocycles. The van der Waals surface area contributed by atoms with Gasteiger partial charge in [0.25, 0.3) is 0 Å². The molecule has 1 unspecified atom stereocenters. The monoisotopic (exact) mass is 439 g/mol. The molecule has 1 amide bonds. The van der Waals surface area contributed by atoms with Crippen molar-refractivity contribution in [2.45, 2.75) is 18.9 Å². The highest BCUT2D eigenvalue weighted by atomic mass is 79.9. The molecule has 26 heavy (non-hydrogen) atoms. The predicted octanol–water partition coefficient (Wildman–Crippen LogP) is 5.28. The maximum atomic E-state index is 12.6. The van der Waals surface area contributed by atoms with E-state index in [1.807, 2.05) is 6.07 Å². The van der Waals surface area contributed by atoms with Crippen LogP contribution in [0.3, 0.4) is 0 Å². The Morgan fingerprint density at radius 2 is 1.73 bits per heavy atom. The van der Waals surface area contributed by atoms with Crippen molar-refractivity contribution in [1.29, 1.82) is 0 Å². The van der Waals surface area contributed by atoms with Gasteiger partial charge >= 0.3 is 6.09 Å².